The van der Waals surface area contributed by atoms with Crippen molar-refractivity contribution in [3.8, 4) is 0 Å². The number of nitrogens with one attached hydrogen (secondary N) is 1. The standard InChI is InChI=1S/C17H24N4/c1-4-21(5-2)13-15-8-6-7-9-17(15)19-12-16-10-11-18-14(3)20-16/h6-11,19H,4-5,12-13H2,1-3H3. The van der Waals surface area contributed by atoms with Gasteiger partial charge in [0.2, 0.25) is 0 Å². The van der Waals surface area contributed by atoms with Gasteiger partial charge in [-0.25, -0.2) is 9.97 Å². The highest BCUT2D eigenvalue weighted by atomic mass is 15.1. The van der Waals surface area contributed by atoms with Crippen molar-refractivity contribution < 1.29 is 0 Å². The van der Waals surface area contributed by atoms with Gasteiger partial charge in [-0.2, -0.15) is 0 Å². The van der Waals surface area contributed by atoms with Crippen LogP contribution in [0.5, 0.6) is 0 Å². The number of para-hydroxylation sites is 1. The topological polar surface area (TPSA) is 41.0 Å². The minimum atomic E-state index is 0.721. The van der Waals surface area contributed by atoms with Crippen LogP contribution >= 0.6 is 0 Å². The first kappa shape index (κ1) is 15.4. The fourth-order valence-electron chi connectivity index (χ4n) is 2.31. The molecule has 1 heterocycles. The molecule has 0 atom stereocenters. The van der Waals surface area contributed by atoms with Crippen LogP contribution in [0.25, 0.3) is 0 Å². The highest BCUT2D eigenvalue weighted by molar-refractivity contribution is 5.51. The number of aromatic nitrogens is 2. The molecule has 4 nitrogen and oxygen atoms in total. The molecule has 0 aliphatic heterocycles. The molecule has 0 amide bonds. The van der Waals surface area contributed by atoms with Crippen LogP contribution in [-0.4, -0.2) is 28.0 Å². The normalized spacial score (nSPS) is 10.9. The van der Waals surface area contributed by atoms with Crippen molar-refractivity contribution in [1.29, 1.82) is 0 Å². The van der Waals surface area contributed by atoms with Gasteiger partial charge in [0.15, 0.2) is 0 Å². The highest BCUT2D eigenvalue weighted by Crippen LogP contribution is 2.18. The van der Waals surface area contributed by atoms with E-state index >= 15 is 0 Å². The second-order valence-corrected chi connectivity index (χ2v) is 5.07. The number of benzene rings is 1. The van der Waals surface area contributed by atoms with E-state index < -0.39 is 0 Å². The lowest BCUT2D eigenvalue weighted by molar-refractivity contribution is 0.296. The molecule has 21 heavy (non-hydrogen) atoms. The fourth-order valence-corrected chi connectivity index (χ4v) is 2.31. The van der Waals surface area contributed by atoms with Gasteiger partial charge in [-0.05, 0) is 37.7 Å². The monoisotopic (exact) mass is 284 g/mol. The average molecular weight is 284 g/mol. The fraction of sp³-hybridized carbons (Fsp3) is 0.412. The molecule has 1 N–H and O–H groups in total. The van der Waals surface area contributed by atoms with Crippen LogP contribution < -0.4 is 5.32 Å². The summed E-state index contributed by atoms with van der Waals surface area (Å²) in [5.74, 6) is 0.811. The Labute approximate surface area is 127 Å². The van der Waals surface area contributed by atoms with Crippen molar-refractivity contribution >= 4 is 5.69 Å². The van der Waals surface area contributed by atoms with Crippen molar-refractivity contribution in [2.45, 2.75) is 33.9 Å². The summed E-state index contributed by atoms with van der Waals surface area (Å²) in [5.41, 5.74) is 3.52. The van der Waals surface area contributed by atoms with Gasteiger partial charge in [0.1, 0.15) is 5.82 Å². The van der Waals surface area contributed by atoms with E-state index in [1.807, 2.05) is 13.0 Å². The molecular weight excluding hydrogens is 260 g/mol. The predicted molar refractivity (Wildman–Crippen MR) is 87.2 cm³/mol. The third-order valence-electron chi connectivity index (χ3n) is 3.60. The minimum Gasteiger partial charge on any atom is -0.379 e. The number of aryl methyl sites for hydroxylation is 1. The van der Waals surface area contributed by atoms with Gasteiger partial charge in [0, 0.05) is 18.4 Å². The van der Waals surface area contributed by atoms with E-state index in [1.54, 1.807) is 6.20 Å². The SMILES string of the molecule is CCN(CC)Cc1ccccc1NCc1ccnc(C)n1. The first-order valence-electron chi connectivity index (χ1n) is 7.55. The first-order valence-corrected chi connectivity index (χ1v) is 7.55. The number of nitrogens with zero attached hydrogens (tertiary/aromatic N) is 3. The lowest BCUT2D eigenvalue weighted by Gasteiger charge is -2.20. The summed E-state index contributed by atoms with van der Waals surface area (Å²) in [6.07, 6.45) is 1.81. The van der Waals surface area contributed by atoms with E-state index in [1.165, 1.54) is 11.3 Å². The zero-order chi connectivity index (χ0) is 15.1. The van der Waals surface area contributed by atoms with Crippen molar-refractivity contribution in [2.75, 3.05) is 18.4 Å². The highest BCUT2D eigenvalue weighted by Gasteiger charge is 2.06. The lowest BCUT2D eigenvalue weighted by atomic mass is 10.1. The molecule has 1 aromatic heterocycles. The van der Waals surface area contributed by atoms with Crippen LogP contribution in [0.15, 0.2) is 36.5 Å². The number of hydrogen-bond acceptors (Lipinski definition) is 4. The molecule has 0 fully saturated rings. The molecule has 0 radical (unpaired) electrons. The molecule has 0 saturated carbocycles. The Morgan fingerprint density at radius 1 is 1.10 bits per heavy atom. The average Bonchev–Trinajstić information content (AvgIpc) is 2.51. The van der Waals surface area contributed by atoms with E-state index in [4.69, 9.17) is 0 Å². The van der Waals surface area contributed by atoms with Crippen LogP contribution in [-0.2, 0) is 13.1 Å². The zero-order valence-electron chi connectivity index (χ0n) is 13.1. The summed E-state index contributed by atoms with van der Waals surface area (Å²) in [4.78, 5) is 11.0. The van der Waals surface area contributed by atoms with Crippen LogP contribution in [0.2, 0.25) is 0 Å². The molecule has 0 unspecified atom stereocenters. The third kappa shape index (κ3) is 4.53. The van der Waals surface area contributed by atoms with Crippen molar-refractivity contribution in [3.63, 3.8) is 0 Å². The predicted octanol–water partition coefficient (Wildman–Crippen LogP) is 3.24. The quantitative estimate of drug-likeness (QED) is 0.847. The Kier molecular flexibility index (Phi) is 5.69. The van der Waals surface area contributed by atoms with E-state index in [0.29, 0.717) is 0 Å². The van der Waals surface area contributed by atoms with Gasteiger partial charge < -0.3 is 5.32 Å². The Balaban J connectivity index is 2.06. The second-order valence-electron chi connectivity index (χ2n) is 5.07. The summed E-state index contributed by atoms with van der Waals surface area (Å²) in [6.45, 7) is 10.1. The molecule has 0 bridgehead atoms. The lowest BCUT2D eigenvalue weighted by Crippen LogP contribution is -2.22. The van der Waals surface area contributed by atoms with E-state index in [-0.39, 0.29) is 0 Å². The summed E-state index contributed by atoms with van der Waals surface area (Å²) in [5, 5.41) is 3.49. The molecule has 4 heteroatoms. The molecular formula is C17H24N4. The van der Waals surface area contributed by atoms with Gasteiger partial charge in [-0.15, -0.1) is 0 Å². The maximum absolute atomic E-state index is 4.43. The summed E-state index contributed by atoms with van der Waals surface area (Å²) in [7, 11) is 0. The smallest absolute Gasteiger partial charge is 0.125 e. The first-order chi connectivity index (χ1) is 10.2. The molecule has 0 saturated heterocycles. The maximum atomic E-state index is 4.43. The number of hydrogen-bond donors (Lipinski definition) is 1. The van der Waals surface area contributed by atoms with Crippen LogP contribution in [0.1, 0.15) is 30.9 Å². The van der Waals surface area contributed by atoms with Gasteiger partial charge in [-0.1, -0.05) is 32.0 Å². The van der Waals surface area contributed by atoms with Gasteiger partial charge in [0.25, 0.3) is 0 Å². The summed E-state index contributed by atoms with van der Waals surface area (Å²) in [6, 6.07) is 10.4. The van der Waals surface area contributed by atoms with Crippen LogP contribution in [0.3, 0.4) is 0 Å². The van der Waals surface area contributed by atoms with Crippen LogP contribution in [0, 0.1) is 6.92 Å². The van der Waals surface area contributed by atoms with Crippen molar-refractivity contribution in [3.05, 3.63) is 53.6 Å². The third-order valence-corrected chi connectivity index (χ3v) is 3.60. The Hall–Kier alpha value is -1.94. The summed E-state index contributed by atoms with van der Waals surface area (Å²) < 4.78 is 0. The molecule has 112 valence electrons. The molecule has 2 aromatic rings. The van der Waals surface area contributed by atoms with Gasteiger partial charge >= 0.3 is 0 Å². The number of rotatable bonds is 7. The maximum Gasteiger partial charge on any atom is 0.125 e. The van der Waals surface area contributed by atoms with E-state index in [9.17, 15) is 0 Å². The molecule has 1 aromatic carbocycles. The number of anilines is 1. The zero-order valence-corrected chi connectivity index (χ0v) is 13.1. The van der Waals surface area contributed by atoms with Gasteiger partial charge in [-0.3, -0.25) is 4.90 Å². The Bertz CT molecular complexity index is 564. The van der Waals surface area contributed by atoms with Crippen LogP contribution in [0.4, 0.5) is 5.69 Å². The van der Waals surface area contributed by atoms with Crippen molar-refractivity contribution in [2.24, 2.45) is 0 Å². The second kappa shape index (κ2) is 7.74. The Morgan fingerprint density at radius 2 is 1.86 bits per heavy atom. The molecule has 0 aliphatic carbocycles. The molecule has 2 rings (SSSR count). The van der Waals surface area contributed by atoms with Crippen molar-refractivity contribution in [1.82, 2.24) is 14.9 Å². The molecule has 0 spiro atoms. The van der Waals surface area contributed by atoms with Gasteiger partial charge in [0.05, 0.1) is 12.2 Å². The largest absolute Gasteiger partial charge is 0.379 e. The van der Waals surface area contributed by atoms with E-state index in [2.05, 4.69) is 58.3 Å². The molecule has 0 aliphatic rings. The summed E-state index contributed by atoms with van der Waals surface area (Å²) >= 11 is 0. The van der Waals surface area contributed by atoms with E-state index in [0.717, 1.165) is 37.7 Å². The Morgan fingerprint density at radius 3 is 2.57 bits per heavy atom. The minimum absolute atomic E-state index is 0.721.